The van der Waals surface area contributed by atoms with Gasteiger partial charge in [0.15, 0.2) is 17.1 Å². The standard InChI is InChI=1S/C10H6F2NS/c1-6-10(13-5-14-6)7-2-3-8(11)9(12)4-7/h2-4H,1H3. The first kappa shape index (κ1) is 9.27. The van der Waals surface area contributed by atoms with Crippen LogP contribution in [0.4, 0.5) is 8.78 Å². The molecule has 0 amide bonds. The smallest absolute Gasteiger partial charge is 0.159 e. The van der Waals surface area contributed by atoms with E-state index in [1.807, 2.05) is 6.92 Å². The number of aromatic nitrogens is 1. The van der Waals surface area contributed by atoms with Crippen molar-refractivity contribution < 1.29 is 8.78 Å². The van der Waals surface area contributed by atoms with Crippen molar-refractivity contribution in [2.24, 2.45) is 0 Å². The van der Waals surface area contributed by atoms with Crippen molar-refractivity contribution in [1.29, 1.82) is 0 Å². The molecule has 1 nitrogen and oxygen atoms in total. The zero-order valence-electron chi connectivity index (χ0n) is 7.34. The van der Waals surface area contributed by atoms with Gasteiger partial charge in [-0.15, -0.1) is 11.3 Å². The van der Waals surface area contributed by atoms with Crippen LogP contribution in [0.3, 0.4) is 0 Å². The third-order valence-electron chi connectivity index (χ3n) is 1.88. The Kier molecular flexibility index (Phi) is 2.29. The van der Waals surface area contributed by atoms with Crippen molar-refractivity contribution in [2.45, 2.75) is 6.92 Å². The summed E-state index contributed by atoms with van der Waals surface area (Å²) in [4.78, 5) is 4.90. The number of thiazole rings is 1. The molecule has 71 valence electrons. The zero-order chi connectivity index (χ0) is 10.1. The quantitative estimate of drug-likeness (QED) is 0.704. The molecule has 1 heterocycles. The maximum absolute atomic E-state index is 12.9. The number of benzene rings is 1. The minimum atomic E-state index is -0.852. The molecular formula is C10H6F2NS. The van der Waals surface area contributed by atoms with Crippen LogP contribution in [0, 0.1) is 24.1 Å². The van der Waals surface area contributed by atoms with E-state index in [0.29, 0.717) is 11.3 Å². The van der Waals surface area contributed by atoms with Gasteiger partial charge in [0.1, 0.15) is 0 Å². The molecule has 2 rings (SSSR count). The van der Waals surface area contributed by atoms with Crippen LogP contribution >= 0.6 is 11.3 Å². The topological polar surface area (TPSA) is 12.9 Å². The summed E-state index contributed by atoms with van der Waals surface area (Å²) >= 11 is 1.36. The van der Waals surface area contributed by atoms with Crippen molar-refractivity contribution in [3.05, 3.63) is 40.2 Å². The van der Waals surface area contributed by atoms with Crippen molar-refractivity contribution >= 4 is 11.3 Å². The Bertz CT molecular complexity index is 465. The summed E-state index contributed by atoms with van der Waals surface area (Å²) < 4.78 is 25.5. The third kappa shape index (κ3) is 1.53. The summed E-state index contributed by atoms with van der Waals surface area (Å²) in [5.41, 5.74) is 3.95. The lowest BCUT2D eigenvalue weighted by Gasteiger charge is -1.99. The second kappa shape index (κ2) is 3.46. The fourth-order valence-electron chi connectivity index (χ4n) is 1.18. The van der Waals surface area contributed by atoms with Gasteiger partial charge in [-0.2, -0.15) is 0 Å². The van der Waals surface area contributed by atoms with E-state index in [1.54, 1.807) is 0 Å². The van der Waals surface area contributed by atoms with Crippen LogP contribution in [0.15, 0.2) is 18.2 Å². The first-order valence-corrected chi connectivity index (χ1v) is 4.79. The number of rotatable bonds is 1. The van der Waals surface area contributed by atoms with Gasteiger partial charge in [-0.3, -0.25) is 0 Å². The average molecular weight is 210 g/mol. The number of aryl methyl sites for hydroxylation is 1. The lowest BCUT2D eigenvalue weighted by Crippen LogP contribution is -1.86. The predicted octanol–water partition coefficient (Wildman–Crippen LogP) is 3.20. The van der Waals surface area contributed by atoms with E-state index in [4.69, 9.17) is 0 Å². The van der Waals surface area contributed by atoms with Crippen molar-refractivity contribution in [2.75, 3.05) is 0 Å². The van der Waals surface area contributed by atoms with Crippen LogP contribution in [0.2, 0.25) is 0 Å². The minimum absolute atomic E-state index is 0.582. The predicted molar refractivity (Wildman–Crippen MR) is 51.0 cm³/mol. The van der Waals surface area contributed by atoms with Crippen LogP contribution in [-0.4, -0.2) is 4.98 Å². The zero-order valence-corrected chi connectivity index (χ0v) is 8.16. The molecule has 1 radical (unpaired) electrons. The fourth-order valence-corrected chi connectivity index (χ4v) is 1.71. The van der Waals surface area contributed by atoms with E-state index >= 15 is 0 Å². The number of nitrogens with zero attached hydrogens (tertiary/aromatic N) is 1. The first-order chi connectivity index (χ1) is 6.68. The second-order valence-corrected chi connectivity index (χ2v) is 3.84. The number of hydrogen-bond donors (Lipinski definition) is 0. The Labute approximate surface area is 84.0 Å². The molecule has 0 aliphatic carbocycles. The molecular weight excluding hydrogens is 204 g/mol. The molecule has 14 heavy (non-hydrogen) atoms. The number of halogens is 2. The van der Waals surface area contributed by atoms with Crippen molar-refractivity contribution in [3.63, 3.8) is 0 Å². The minimum Gasteiger partial charge on any atom is -0.233 e. The summed E-state index contributed by atoms with van der Waals surface area (Å²) in [5, 5.41) is 0. The highest BCUT2D eigenvalue weighted by Gasteiger charge is 2.08. The van der Waals surface area contributed by atoms with E-state index in [9.17, 15) is 8.78 Å². The lowest BCUT2D eigenvalue weighted by molar-refractivity contribution is 0.509. The molecule has 0 atom stereocenters. The molecule has 0 bridgehead atoms. The molecule has 1 aromatic carbocycles. The highest BCUT2D eigenvalue weighted by molar-refractivity contribution is 7.09. The van der Waals surface area contributed by atoms with E-state index < -0.39 is 11.6 Å². The first-order valence-electron chi connectivity index (χ1n) is 3.97. The molecule has 0 unspecified atom stereocenters. The van der Waals surface area contributed by atoms with Gasteiger partial charge in [0.05, 0.1) is 5.69 Å². The summed E-state index contributed by atoms with van der Waals surface area (Å²) in [5.74, 6) is -1.69. The van der Waals surface area contributed by atoms with Gasteiger partial charge in [0, 0.05) is 10.4 Å². The molecule has 0 saturated carbocycles. The van der Waals surface area contributed by atoms with E-state index in [0.717, 1.165) is 17.0 Å². The highest BCUT2D eigenvalue weighted by Crippen LogP contribution is 2.25. The van der Waals surface area contributed by atoms with Crippen LogP contribution in [0.1, 0.15) is 4.88 Å². The fraction of sp³-hybridized carbons (Fsp3) is 0.100. The Morgan fingerprint density at radius 3 is 2.64 bits per heavy atom. The Hall–Kier alpha value is -1.29. The molecule has 4 heteroatoms. The molecule has 0 saturated heterocycles. The maximum atomic E-state index is 12.9. The summed E-state index contributed by atoms with van der Waals surface area (Å²) in [6, 6.07) is 3.75. The van der Waals surface area contributed by atoms with Gasteiger partial charge in [0.2, 0.25) is 0 Å². The molecule has 0 aliphatic heterocycles. The highest BCUT2D eigenvalue weighted by atomic mass is 32.1. The van der Waals surface area contributed by atoms with Gasteiger partial charge in [-0.25, -0.2) is 13.8 Å². The van der Waals surface area contributed by atoms with Gasteiger partial charge < -0.3 is 0 Å². The summed E-state index contributed by atoms with van der Waals surface area (Å²) in [6.45, 7) is 1.87. The molecule has 0 spiro atoms. The maximum Gasteiger partial charge on any atom is 0.159 e. The van der Waals surface area contributed by atoms with Gasteiger partial charge in [-0.05, 0) is 25.1 Å². The Morgan fingerprint density at radius 2 is 2.07 bits per heavy atom. The molecule has 1 aromatic heterocycles. The monoisotopic (exact) mass is 210 g/mol. The molecule has 0 aliphatic rings. The largest absolute Gasteiger partial charge is 0.233 e. The van der Waals surface area contributed by atoms with Crippen LogP contribution in [0.5, 0.6) is 0 Å². The van der Waals surface area contributed by atoms with E-state index in [2.05, 4.69) is 10.5 Å². The molecule has 2 aromatic rings. The van der Waals surface area contributed by atoms with E-state index in [-0.39, 0.29) is 0 Å². The van der Waals surface area contributed by atoms with Crippen LogP contribution in [0.25, 0.3) is 11.3 Å². The summed E-state index contributed by atoms with van der Waals surface area (Å²) in [6.07, 6.45) is 0. The second-order valence-electron chi connectivity index (χ2n) is 2.84. The molecule has 0 fully saturated rings. The van der Waals surface area contributed by atoms with Crippen LogP contribution < -0.4 is 0 Å². The average Bonchev–Trinajstić information content (AvgIpc) is 2.57. The number of hydrogen-bond acceptors (Lipinski definition) is 2. The SMILES string of the molecule is Cc1s[c]nc1-c1ccc(F)c(F)c1. The summed E-state index contributed by atoms with van der Waals surface area (Å²) in [7, 11) is 0. The van der Waals surface area contributed by atoms with Gasteiger partial charge in [0.25, 0.3) is 0 Å². The van der Waals surface area contributed by atoms with Crippen LogP contribution in [-0.2, 0) is 0 Å². The molecule has 0 N–H and O–H groups in total. The van der Waals surface area contributed by atoms with Gasteiger partial charge >= 0.3 is 0 Å². The Morgan fingerprint density at radius 1 is 1.29 bits per heavy atom. The normalized spacial score (nSPS) is 10.5. The van der Waals surface area contributed by atoms with E-state index in [1.165, 1.54) is 17.4 Å². The van der Waals surface area contributed by atoms with Gasteiger partial charge in [-0.1, -0.05) is 0 Å². The van der Waals surface area contributed by atoms with Crippen molar-refractivity contribution in [3.8, 4) is 11.3 Å². The lowest BCUT2D eigenvalue weighted by atomic mass is 10.1. The third-order valence-corrected chi connectivity index (χ3v) is 2.56. The Balaban J connectivity index is 2.53. The van der Waals surface area contributed by atoms with Crippen molar-refractivity contribution in [1.82, 2.24) is 4.98 Å².